The van der Waals surface area contributed by atoms with E-state index in [0.29, 0.717) is 11.9 Å². The minimum Gasteiger partial charge on any atom is -0.389 e. The zero-order valence-electron chi connectivity index (χ0n) is 10.6. The molecule has 1 unspecified atom stereocenters. The van der Waals surface area contributed by atoms with Gasteiger partial charge in [-0.25, -0.2) is 4.98 Å². The Morgan fingerprint density at radius 1 is 1.55 bits per heavy atom. The van der Waals surface area contributed by atoms with Crippen LogP contribution in [0.3, 0.4) is 0 Å². The predicted octanol–water partition coefficient (Wildman–Crippen LogP) is 0.514. The van der Waals surface area contributed by atoms with Crippen molar-refractivity contribution in [3.8, 4) is 0 Å². The molecular weight excluding hydrogens is 285 g/mol. The van der Waals surface area contributed by atoms with Crippen LogP contribution in [-0.4, -0.2) is 42.1 Å². The molecule has 1 fully saturated rings. The van der Waals surface area contributed by atoms with Gasteiger partial charge in [-0.3, -0.25) is 4.57 Å². The van der Waals surface area contributed by atoms with Crippen LogP contribution < -0.4 is 5.73 Å². The molecule has 9 heteroatoms. The summed E-state index contributed by atoms with van der Waals surface area (Å²) < 4.78 is 20.6. The number of aliphatic hydroxyl groups is 1. The molecule has 1 aliphatic heterocycles. The molecule has 0 radical (unpaired) electrons. The minimum atomic E-state index is -0.932. The van der Waals surface area contributed by atoms with Crippen LogP contribution in [0.2, 0.25) is 0 Å². The van der Waals surface area contributed by atoms with E-state index in [0.717, 1.165) is 0 Å². The number of hydrogen-bond acceptors (Lipinski definition) is 7. The van der Waals surface area contributed by atoms with Gasteiger partial charge in [0.05, 0.1) is 23.8 Å². The summed E-state index contributed by atoms with van der Waals surface area (Å²) in [6.07, 6.45) is -0.477. The van der Waals surface area contributed by atoms with E-state index in [9.17, 15) is 9.50 Å². The summed E-state index contributed by atoms with van der Waals surface area (Å²) in [5.41, 5.74) is 6.13. The molecule has 1 aliphatic rings. The summed E-state index contributed by atoms with van der Waals surface area (Å²) in [6.45, 7) is 1.91. The first-order chi connectivity index (χ1) is 9.52. The van der Waals surface area contributed by atoms with Crippen LogP contribution in [-0.2, 0) is 4.74 Å². The highest BCUT2D eigenvalue weighted by Crippen LogP contribution is 2.36. The summed E-state index contributed by atoms with van der Waals surface area (Å²) in [7, 11) is 0. The number of ether oxygens (including phenoxy) is 1. The number of hydrogen-bond donors (Lipinski definition) is 3. The third-order valence-electron chi connectivity index (χ3n) is 3.43. The smallest absolute Gasteiger partial charge is 0.312 e. The lowest BCUT2D eigenvalue weighted by Gasteiger charge is -2.16. The van der Waals surface area contributed by atoms with E-state index in [1.165, 1.54) is 10.9 Å². The number of thiol groups is 1. The average molecular weight is 299 g/mol. The minimum absolute atomic E-state index is 0.0347. The lowest BCUT2D eigenvalue weighted by atomic mass is 10.1. The first kappa shape index (κ1) is 13.5. The standard InChI is InChI=1S/C11H14FN5O2S/c1-2-4-6(18)7(20)10(19-4)17-3-14-5-8(13)15-11(12)16-9(5)17/h3-4,6-7,10,18,20H,2H2,1H3,(H2,13,15,16)/t4-,6-,7-,10?/m1/s1. The van der Waals surface area contributed by atoms with Gasteiger partial charge in [-0.1, -0.05) is 6.92 Å². The van der Waals surface area contributed by atoms with Crippen LogP contribution in [0, 0.1) is 6.08 Å². The number of nitrogens with two attached hydrogens (primary N) is 1. The van der Waals surface area contributed by atoms with Gasteiger partial charge in [-0.05, 0) is 6.42 Å². The second-order valence-electron chi connectivity index (χ2n) is 4.66. The average Bonchev–Trinajstić information content (AvgIpc) is 2.93. The van der Waals surface area contributed by atoms with E-state index in [1.54, 1.807) is 0 Å². The van der Waals surface area contributed by atoms with E-state index in [1.807, 2.05) is 6.92 Å². The molecule has 0 aliphatic carbocycles. The SMILES string of the molecule is CC[C@H]1OC(n2cnc3c(N)nc(F)nc32)[C@H](S)[C@@H]1O. The molecule has 108 valence electrons. The fourth-order valence-electron chi connectivity index (χ4n) is 2.39. The Morgan fingerprint density at radius 2 is 2.30 bits per heavy atom. The molecule has 4 atom stereocenters. The molecule has 3 N–H and O–H groups in total. The number of nitrogens with zero attached hydrogens (tertiary/aromatic N) is 4. The largest absolute Gasteiger partial charge is 0.389 e. The number of imidazole rings is 1. The van der Waals surface area contributed by atoms with Crippen LogP contribution >= 0.6 is 12.6 Å². The van der Waals surface area contributed by atoms with Crippen molar-refractivity contribution in [3.63, 3.8) is 0 Å². The van der Waals surface area contributed by atoms with Crippen molar-refractivity contribution < 1.29 is 14.2 Å². The molecule has 3 rings (SSSR count). The Kier molecular flexibility index (Phi) is 3.27. The lowest BCUT2D eigenvalue weighted by molar-refractivity contribution is -0.0180. The van der Waals surface area contributed by atoms with Crippen molar-refractivity contribution in [2.75, 3.05) is 5.73 Å². The third kappa shape index (κ3) is 1.93. The van der Waals surface area contributed by atoms with E-state index < -0.39 is 23.7 Å². The molecule has 3 heterocycles. The normalized spacial score (nSPS) is 30.2. The van der Waals surface area contributed by atoms with Crippen LogP contribution in [0.25, 0.3) is 11.2 Å². The Hall–Kier alpha value is -1.45. The number of halogens is 1. The Morgan fingerprint density at radius 3 is 2.95 bits per heavy atom. The number of aliphatic hydroxyl groups excluding tert-OH is 1. The molecule has 2 aromatic heterocycles. The molecule has 0 amide bonds. The van der Waals surface area contributed by atoms with Crippen LogP contribution in [0.5, 0.6) is 0 Å². The zero-order chi connectivity index (χ0) is 14.4. The van der Waals surface area contributed by atoms with Gasteiger partial charge in [0.15, 0.2) is 23.2 Å². The number of anilines is 1. The van der Waals surface area contributed by atoms with E-state index in [-0.39, 0.29) is 17.6 Å². The summed E-state index contributed by atoms with van der Waals surface area (Å²) in [4.78, 5) is 11.2. The fraction of sp³-hybridized carbons (Fsp3) is 0.545. The van der Waals surface area contributed by atoms with Crippen molar-refractivity contribution in [2.24, 2.45) is 0 Å². The molecule has 7 nitrogen and oxygen atoms in total. The van der Waals surface area contributed by atoms with E-state index in [4.69, 9.17) is 10.5 Å². The summed E-state index contributed by atoms with van der Waals surface area (Å²) in [5, 5.41) is 9.58. The highest BCUT2D eigenvalue weighted by Gasteiger charge is 2.42. The van der Waals surface area contributed by atoms with Gasteiger partial charge in [0.25, 0.3) is 0 Å². The Bertz CT molecular complexity index is 651. The van der Waals surface area contributed by atoms with Crippen LogP contribution in [0.1, 0.15) is 19.6 Å². The topological polar surface area (TPSA) is 99.1 Å². The molecule has 20 heavy (non-hydrogen) atoms. The first-order valence-electron chi connectivity index (χ1n) is 6.20. The maximum atomic E-state index is 13.3. The van der Waals surface area contributed by atoms with Gasteiger partial charge in [-0.15, -0.1) is 0 Å². The maximum absolute atomic E-state index is 13.3. The fourth-order valence-corrected chi connectivity index (χ4v) is 2.80. The monoisotopic (exact) mass is 299 g/mol. The van der Waals surface area contributed by atoms with Gasteiger partial charge in [0.2, 0.25) is 0 Å². The van der Waals surface area contributed by atoms with Crippen molar-refractivity contribution in [2.45, 2.75) is 37.0 Å². The molecule has 0 aromatic carbocycles. The summed E-state index contributed by atoms with van der Waals surface area (Å²) in [5.74, 6) is -0.0347. The van der Waals surface area contributed by atoms with E-state index >= 15 is 0 Å². The number of fused-ring (bicyclic) bond motifs is 1. The highest BCUT2D eigenvalue weighted by atomic mass is 32.1. The Labute approximate surface area is 119 Å². The summed E-state index contributed by atoms with van der Waals surface area (Å²) >= 11 is 4.37. The second-order valence-corrected chi connectivity index (χ2v) is 5.25. The van der Waals surface area contributed by atoms with Gasteiger partial charge >= 0.3 is 6.08 Å². The van der Waals surface area contributed by atoms with Crippen molar-refractivity contribution in [1.82, 2.24) is 19.5 Å². The molecule has 1 saturated heterocycles. The van der Waals surface area contributed by atoms with Crippen molar-refractivity contribution in [1.29, 1.82) is 0 Å². The zero-order valence-corrected chi connectivity index (χ0v) is 11.5. The first-order valence-corrected chi connectivity index (χ1v) is 6.71. The molecule has 2 aromatic rings. The molecule has 0 bridgehead atoms. The van der Waals surface area contributed by atoms with Crippen LogP contribution in [0.4, 0.5) is 10.2 Å². The third-order valence-corrected chi connectivity index (χ3v) is 4.00. The predicted molar refractivity (Wildman–Crippen MR) is 72.7 cm³/mol. The quantitative estimate of drug-likeness (QED) is 0.552. The number of nitrogen functional groups attached to an aromatic ring is 1. The van der Waals surface area contributed by atoms with Crippen molar-refractivity contribution in [3.05, 3.63) is 12.4 Å². The number of aromatic nitrogens is 4. The maximum Gasteiger partial charge on any atom is 0.312 e. The number of rotatable bonds is 2. The van der Waals surface area contributed by atoms with Crippen LogP contribution in [0.15, 0.2) is 6.33 Å². The molecular formula is C11H14FN5O2S. The lowest BCUT2D eigenvalue weighted by Crippen LogP contribution is -2.27. The van der Waals surface area contributed by atoms with Gasteiger partial charge in [0.1, 0.15) is 0 Å². The van der Waals surface area contributed by atoms with Gasteiger partial charge < -0.3 is 15.6 Å². The second kappa shape index (κ2) is 4.83. The summed E-state index contributed by atoms with van der Waals surface area (Å²) in [6, 6.07) is 0. The Balaban J connectivity index is 2.07. The van der Waals surface area contributed by atoms with Gasteiger partial charge in [-0.2, -0.15) is 27.0 Å². The van der Waals surface area contributed by atoms with E-state index in [2.05, 4.69) is 27.6 Å². The van der Waals surface area contributed by atoms with Crippen molar-refractivity contribution >= 4 is 29.6 Å². The molecule has 0 saturated carbocycles. The highest BCUT2D eigenvalue weighted by molar-refractivity contribution is 7.81. The molecule has 0 spiro atoms. The van der Waals surface area contributed by atoms with Gasteiger partial charge in [0, 0.05) is 0 Å².